The maximum Gasteiger partial charge on any atom is 0.128 e. The Morgan fingerprint density at radius 3 is 2.89 bits per heavy atom. The van der Waals surface area contributed by atoms with Crippen LogP contribution in [0.1, 0.15) is 44.7 Å². The fraction of sp³-hybridized carbons (Fsp3) is 0.667. The van der Waals surface area contributed by atoms with Gasteiger partial charge in [0.25, 0.3) is 0 Å². The molecule has 0 saturated heterocycles. The van der Waals surface area contributed by atoms with Crippen molar-refractivity contribution >= 4 is 5.82 Å². The number of nitrogens with one attached hydrogen (secondary N) is 1. The van der Waals surface area contributed by atoms with E-state index in [9.17, 15) is 0 Å². The number of rotatable bonds is 7. The summed E-state index contributed by atoms with van der Waals surface area (Å²) in [5.41, 5.74) is 1.32. The van der Waals surface area contributed by atoms with Crippen LogP contribution in [0.5, 0.6) is 0 Å². The number of aromatic nitrogens is 1. The van der Waals surface area contributed by atoms with Gasteiger partial charge in [0, 0.05) is 25.3 Å². The standard InChI is InChI=1S/C15H25N3/c1-4-9-18(11-13-5-6-13)15-10-14(7-8-17-15)12(2)16-3/h7-8,10,12-13,16H,4-6,9,11H2,1-3H3. The Hall–Kier alpha value is -1.09. The summed E-state index contributed by atoms with van der Waals surface area (Å²) in [5, 5.41) is 3.29. The molecule has 1 unspecified atom stereocenters. The molecule has 18 heavy (non-hydrogen) atoms. The predicted molar refractivity (Wildman–Crippen MR) is 76.9 cm³/mol. The van der Waals surface area contributed by atoms with Gasteiger partial charge >= 0.3 is 0 Å². The molecule has 0 aromatic carbocycles. The van der Waals surface area contributed by atoms with Crippen LogP contribution in [0.4, 0.5) is 5.82 Å². The molecule has 3 heteroatoms. The van der Waals surface area contributed by atoms with Crippen LogP contribution in [0.3, 0.4) is 0 Å². The predicted octanol–water partition coefficient (Wildman–Crippen LogP) is 2.99. The summed E-state index contributed by atoms with van der Waals surface area (Å²) in [5.74, 6) is 2.05. The normalized spacial score (nSPS) is 16.6. The molecular weight excluding hydrogens is 222 g/mol. The SMILES string of the molecule is CCCN(CC1CC1)c1cc(C(C)NC)ccn1. The van der Waals surface area contributed by atoms with E-state index in [0.29, 0.717) is 6.04 Å². The molecule has 1 fully saturated rings. The second kappa shape index (κ2) is 6.19. The Labute approximate surface area is 111 Å². The zero-order valence-electron chi connectivity index (χ0n) is 11.8. The first-order valence-electron chi connectivity index (χ1n) is 7.12. The van der Waals surface area contributed by atoms with Crippen molar-refractivity contribution in [1.82, 2.24) is 10.3 Å². The molecule has 1 N–H and O–H groups in total. The average molecular weight is 247 g/mol. The lowest BCUT2D eigenvalue weighted by atomic mass is 10.1. The molecule has 0 aliphatic heterocycles. The van der Waals surface area contributed by atoms with Crippen molar-refractivity contribution in [2.24, 2.45) is 5.92 Å². The molecule has 0 radical (unpaired) electrons. The lowest BCUT2D eigenvalue weighted by Gasteiger charge is -2.24. The van der Waals surface area contributed by atoms with E-state index in [4.69, 9.17) is 0 Å². The number of hydrogen-bond acceptors (Lipinski definition) is 3. The summed E-state index contributed by atoms with van der Waals surface area (Å²) >= 11 is 0. The topological polar surface area (TPSA) is 28.2 Å². The van der Waals surface area contributed by atoms with Gasteiger partial charge in [0.2, 0.25) is 0 Å². The minimum atomic E-state index is 0.385. The molecule has 0 bridgehead atoms. The summed E-state index contributed by atoms with van der Waals surface area (Å²) in [7, 11) is 2.00. The molecule has 1 aromatic rings. The largest absolute Gasteiger partial charge is 0.356 e. The van der Waals surface area contributed by atoms with E-state index in [1.165, 1.54) is 31.4 Å². The number of nitrogens with zero attached hydrogens (tertiary/aromatic N) is 2. The number of hydrogen-bond donors (Lipinski definition) is 1. The highest BCUT2D eigenvalue weighted by atomic mass is 15.2. The Morgan fingerprint density at radius 1 is 1.50 bits per heavy atom. The molecule has 0 spiro atoms. The summed E-state index contributed by atoms with van der Waals surface area (Å²) in [6, 6.07) is 4.72. The Morgan fingerprint density at radius 2 is 2.28 bits per heavy atom. The third-order valence-electron chi connectivity index (χ3n) is 3.70. The molecule has 1 heterocycles. The van der Waals surface area contributed by atoms with Gasteiger partial charge in [0.1, 0.15) is 5.82 Å². The van der Waals surface area contributed by atoms with E-state index >= 15 is 0 Å². The lowest BCUT2D eigenvalue weighted by Crippen LogP contribution is -2.27. The molecule has 2 rings (SSSR count). The molecular formula is C15H25N3. The average Bonchev–Trinajstić information content (AvgIpc) is 3.21. The summed E-state index contributed by atoms with van der Waals surface area (Å²) in [6.07, 6.45) is 5.91. The maximum atomic E-state index is 4.55. The molecule has 1 aliphatic carbocycles. The minimum Gasteiger partial charge on any atom is -0.356 e. The van der Waals surface area contributed by atoms with E-state index in [-0.39, 0.29) is 0 Å². The summed E-state index contributed by atoms with van der Waals surface area (Å²) < 4.78 is 0. The smallest absolute Gasteiger partial charge is 0.128 e. The van der Waals surface area contributed by atoms with Crippen molar-refractivity contribution in [2.75, 3.05) is 25.0 Å². The number of anilines is 1. The van der Waals surface area contributed by atoms with Crippen LogP contribution in [-0.4, -0.2) is 25.1 Å². The van der Waals surface area contributed by atoms with Crippen molar-refractivity contribution in [3.63, 3.8) is 0 Å². The van der Waals surface area contributed by atoms with Gasteiger partial charge in [-0.15, -0.1) is 0 Å². The van der Waals surface area contributed by atoms with Crippen molar-refractivity contribution in [2.45, 2.75) is 39.2 Å². The molecule has 1 aliphatic rings. The second-order valence-electron chi connectivity index (χ2n) is 5.35. The first kappa shape index (κ1) is 13.3. The van der Waals surface area contributed by atoms with Crippen molar-refractivity contribution < 1.29 is 0 Å². The van der Waals surface area contributed by atoms with E-state index in [2.05, 4.69) is 41.2 Å². The first-order chi connectivity index (χ1) is 8.74. The second-order valence-corrected chi connectivity index (χ2v) is 5.35. The molecule has 0 amide bonds. The molecule has 1 aromatic heterocycles. The van der Waals surface area contributed by atoms with E-state index in [1.54, 1.807) is 0 Å². The number of pyridine rings is 1. The zero-order chi connectivity index (χ0) is 13.0. The summed E-state index contributed by atoms with van der Waals surface area (Å²) in [6.45, 7) is 6.71. The lowest BCUT2D eigenvalue weighted by molar-refractivity contribution is 0.648. The third kappa shape index (κ3) is 3.45. The quantitative estimate of drug-likeness (QED) is 0.803. The fourth-order valence-corrected chi connectivity index (χ4v) is 2.22. The van der Waals surface area contributed by atoms with Crippen molar-refractivity contribution in [3.8, 4) is 0 Å². The Balaban J connectivity index is 2.12. The first-order valence-corrected chi connectivity index (χ1v) is 7.12. The van der Waals surface area contributed by atoms with Crippen LogP contribution < -0.4 is 10.2 Å². The highest BCUT2D eigenvalue weighted by Crippen LogP contribution is 2.31. The van der Waals surface area contributed by atoms with Gasteiger partial charge in [-0.25, -0.2) is 4.98 Å². The van der Waals surface area contributed by atoms with E-state index in [1.807, 2.05) is 13.2 Å². The van der Waals surface area contributed by atoms with Gasteiger partial charge in [-0.05, 0) is 56.8 Å². The minimum absolute atomic E-state index is 0.385. The molecule has 100 valence electrons. The van der Waals surface area contributed by atoms with Crippen molar-refractivity contribution in [3.05, 3.63) is 23.9 Å². The third-order valence-corrected chi connectivity index (χ3v) is 3.70. The van der Waals surface area contributed by atoms with Gasteiger partial charge in [0.05, 0.1) is 0 Å². The Kier molecular flexibility index (Phi) is 4.59. The fourth-order valence-electron chi connectivity index (χ4n) is 2.22. The van der Waals surface area contributed by atoms with Crippen LogP contribution in [0.15, 0.2) is 18.3 Å². The van der Waals surface area contributed by atoms with Gasteiger partial charge in [0.15, 0.2) is 0 Å². The highest BCUT2D eigenvalue weighted by molar-refractivity contribution is 5.42. The van der Waals surface area contributed by atoms with Crippen LogP contribution in [0, 0.1) is 5.92 Å². The Bertz CT molecular complexity index is 374. The zero-order valence-corrected chi connectivity index (χ0v) is 11.8. The van der Waals surface area contributed by atoms with Crippen molar-refractivity contribution in [1.29, 1.82) is 0 Å². The molecule has 3 nitrogen and oxygen atoms in total. The molecule has 1 saturated carbocycles. The van der Waals surface area contributed by atoms with Crippen LogP contribution in [-0.2, 0) is 0 Å². The van der Waals surface area contributed by atoms with Gasteiger partial charge < -0.3 is 10.2 Å². The van der Waals surface area contributed by atoms with E-state index in [0.717, 1.165) is 18.3 Å². The van der Waals surface area contributed by atoms with Gasteiger partial charge in [-0.2, -0.15) is 0 Å². The monoisotopic (exact) mass is 247 g/mol. The van der Waals surface area contributed by atoms with Gasteiger partial charge in [-0.1, -0.05) is 6.92 Å². The maximum absolute atomic E-state index is 4.55. The van der Waals surface area contributed by atoms with E-state index < -0.39 is 0 Å². The van der Waals surface area contributed by atoms with Gasteiger partial charge in [-0.3, -0.25) is 0 Å². The van der Waals surface area contributed by atoms with Crippen LogP contribution in [0.25, 0.3) is 0 Å². The summed E-state index contributed by atoms with van der Waals surface area (Å²) in [4.78, 5) is 7.00. The molecule has 1 atom stereocenters. The highest BCUT2D eigenvalue weighted by Gasteiger charge is 2.24. The van der Waals surface area contributed by atoms with Crippen LogP contribution >= 0.6 is 0 Å². The van der Waals surface area contributed by atoms with Crippen LogP contribution in [0.2, 0.25) is 0 Å².